The van der Waals surface area contributed by atoms with Crippen LogP contribution in [0.3, 0.4) is 0 Å². The summed E-state index contributed by atoms with van der Waals surface area (Å²) < 4.78 is 29.2. The predicted molar refractivity (Wildman–Crippen MR) is 124 cm³/mol. The molecule has 0 bridgehead atoms. The van der Waals surface area contributed by atoms with Crippen LogP contribution in [0.15, 0.2) is 42.4 Å². The Balaban J connectivity index is 0.00000450. The Labute approximate surface area is 211 Å². The van der Waals surface area contributed by atoms with Crippen molar-refractivity contribution in [1.82, 2.24) is 0 Å². The molecule has 2 rings (SSSR count). The molecule has 0 aliphatic heterocycles. The molecule has 0 atom stereocenters. The van der Waals surface area contributed by atoms with Gasteiger partial charge in [-0.3, -0.25) is 0 Å². The fourth-order valence-electron chi connectivity index (χ4n) is 3.17. The predicted octanol–water partition coefficient (Wildman–Crippen LogP) is -0.486. The van der Waals surface area contributed by atoms with Crippen LogP contribution in [-0.4, -0.2) is 46.8 Å². The van der Waals surface area contributed by atoms with Gasteiger partial charge in [-0.1, -0.05) is 0 Å². The maximum Gasteiger partial charge on any atom is -1.00 e. The number of hydrogen-bond donors (Lipinski definition) is 0. The summed E-state index contributed by atoms with van der Waals surface area (Å²) in [6.45, 7) is 18.1. The zero-order chi connectivity index (χ0) is 21.5. The molecule has 0 unspecified atom stereocenters. The molecule has 9 heteroatoms. The van der Waals surface area contributed by atoms with Gasteiger partial charge in [-0.05, 0) is 0 Å². The van der Waals surface area contributed by atoms with Gasteiger partial charge in [0.1, 0.15) is 0 Å². The van der Waals surface area contributed by atoms with E-state index in [1.54, 1.807) is 6.56 Å². The third-order valence-corrected chi connectivity index (χ3v) is 13.1. The molecule has 0 fully saturated rings. The third-order valence-electron chi connectivity index (χ3n) is 4.43. The standard InChI is InChI=1S/2C10H17O2Si.C2H4.2ClH.Zr/c2*1-13(2,3)12-9-8-11-10-6-4-5-7-10;1-2;;;/h2*6-7H,4,8-9H2,1-3H3;1H,2H3;2*1H;/q;;;;;+2/p-2. The Morgan fingerprint density at radius 3 is 1.45 bits per heavy atom. The Morgan fingerprint density at radius 1 is 0.742 bits per heavy atom. The third kappa shape index (κ3) is 12.3. The zero-order valence-corrected chi connectivity index (χ0v) is 26.0. The topological polar surface area (TPSA) is 36.9 Å². The first kappa shape index (κ1) is 31.2. The first-order valence-corrected chi connectivity index (χ1v) is 21.3. The molecule has 0 heterocycles. The van der Waals surface area contributed by atoms with Crippen LogP contribution in [0.25, 0.3) is 0 Å². The monoisotopic (exact) mass is 582 g/mol. The smallest absolute Gasteiger partial charge is 1.00 e. The molecule has 0 saturated heterocycles. The quantitative estimate of drug-likeness (QED) is 0.229. The van der Waals surface area contributed by atoms with Crippen molar-refractivity contribution in [3.8, 4) is 0 Å². The van der Waals surface area contributed by atoms with E-state index >= 15 is 0 Å². The van der Waals surface area contributed by atoms with Gasteiger partial charge in [0.25, 0.3) is 0 Å². The van der Waals surface area contributed by atoms with Crippen LogP contribution in [0.1, 0.15) is 19.8 Å². The summed E-state index contributed by atoms with van der Waals surface area (Å²) in [6, 6.07) is 0. The van der Waals surface area contributed by atoms with Crippen molar-refractivity contribution < 1.29 is 64.4 Å². The fraction of sp³-hybridized carbons (Fsp3) is 0.591. The van der Waals surface area contributed by atoms with E-state index in [1.807, 2.05) is 0 Å². The van der Waals surface area contributed by atoms with Gasteiger partial charge in [-0.25, -0.2) is 0 Å². The van der Waals surface area contributed by atoms with Gasteiger partial charge in [0.2, 0.25) is 0 Å². The van der Waals surface area contributed by atoms with Crippen LogP contribution >= 0.6 is 0 Å². The van der Waals surface area contributed by atoms with Crippen LogP contribution in [0, 0.1) is 0 Å². The summed E-state index contributed by atoms with van der Waals surface area (Å²) in [6.07, 6.45) is 11.1. The molecule has 0 aromatic carbocycles. The molecule has 0 aromatic rings. The molecule has 0 amide bonds. The zero-order valence-electron chi connectivity index (χ0n) is 20.0. The van der Waals surface area contributed by atoms with Crippen LogP contribution in [0.4, 0.5) is 0 Å². The van der Waals surface area contributed by atoms with Crippen molar-refractivity contribution in [2.75, 3.05) is 26.4 Å². The summed E-state index contributed by atoms with van der Waals surface area (Å²) in [5.41, 5.74) is 0. The van der Waals surface area contributed by atoms with E-state index in [2.05, 4.69) is 74.2 Å². The largest absolute Gasteiger partial charge is 1.00 e. The van der Waals surface area contributed by atoms with Gasteiger partial charge in [0.15, 0.2) is 0 Å². The van der Waals surface area contributed by atoms with Gasteiger partial charge >= 0.3 is 188 Å². The SMILES string of the molecule is C[CH]=[Zr+2]([C]1=CC(OCCO[Si](C)(C)C)=CC1)[C]1=CC(OCCO[Si](C)(C)C)=CC1.[Cl-].[Cl-]. The van der Waals surface area contributed by atoms with E-state index in [-0.39, 0.29) is 24.8 Å². The Kier molecular flexibility index (Phi) is 14.6. The van der Waals surface area contributed by atoms with E-state index in [9.17, 15) is 0 Å². The maximum atomic E-state index is 5.93. The second-order valence-electron chi connectivity index (χ2n) is 9.28. The number of ether oxygens (including phenoxy) is 2. The number of halogens is 2. The molecule has 4 nitrogen and oxygen atoms in total. The molecule has 0 N–H and O–H groups in total. The fourth-order valence-corrected chi connectivity index (χ4v) is 10.4. The summed E-state index contributed by atoms with van der Waals surface area (Å²) in [5.74, 6) is 2.04. The minimum Gasteiger partial charge on any atom is -1.00 e. The second-order valence-corrected chi connectivity index (χ2v) is 24.9. The molecular weight excluding hydrogens is 547 g/mol. The second kappa shape index (κ2) is 14.5. The number of allylic oxidation sites excluding steroid dienone is 6. The van der Waals surface area contributed by atoms with Crippen molar-refractivity contribution in [1.29, 1.82) is 0 Å². The van der Waals surface area contributed by atoms with E-state index in [1.165, 1.54) is 0 Å². The molecule has 0 saturated carbocycles. The molecule has 176 valence electrons. The van der Waals surface area contributed by atoms with Gasteiger partial charge in [0.05, 0.1) is 0 Å². The van der Waals surface area contributed by atoms with Crippen molar-refractivity contribution in [3.63, 3.8) is 0 Å². The van der Waals surface area contributed by atoms with Crippen molar-refractivity contribution >= 4 is 20.3 Å². The van der Waals surface area contributed by atoms with E-state index in [0.29, 0.717) is 26.4 Å². The average molecular weight is 585 g/mol. The number of hydrogen-bond acceptors (Lipinski definition) is 4. The van der Waals surface area contributed by atoms with Crippen LogP contribution in [-0.2, 0) is 39.6 Å². The Bertz CT molecular complexity index is 675. The first-order valence-electron chi connectivity index (χ1n) is 10.6. The molecule has 0 spiro atoms. The van der Waals surface area contributed by atoms with Crippen LogP contribution in [0.2, 0.25) is 39.3 Å². The van der Waals surface area contributed by atoms with Gasteiger partial charge < -0.3 is 24.8 Å². The van der Waals surface area contributed by atoms with Crippen molar-refractivity contribution in [2.24, 2.45) is 0 Å². The maximum absolute atomic E-state index is 5.93. The van der Waals surface area contributed by atoms with E-state index in [4.69, 9.17) is 18.3 Å². The first-order chi connectivity index (χ1) is 13.6. The Hall–Kier alpha value is 0.247. The minimum atomic E-state index is -1.91. The molecule has 2 aliphatic carbocycles. The summed E-state index contributed by atoms with van der Waals surface area (Å²) in [7, 11) is -2.92. The van der Waals surface area contributed by atoms with Crippen molar-refractivity contribution in [3.05, 3.63) is 42.4 Å². The number of rotatable bonds is 12. The van der Waals surface area contributed by atoms with Gasteiger partial charge in [0, 0.05) is 0 Å². The summed E-state index contributed by atoms with van der Waals surface area (Å²) in [5, 5.41) is 0. The average Bonchev–Trinajstić information content (AvgIpc) is 3.25. The molecular formula is C22H38Cl2O4Si2Zr. The van der Waals surface area contributed by atoms with E-state index < -0.39 is 37.9 Å². The minimum absolute atomic E-state index is 0. The van der Waals surface area contributed by atoms with Crippen LogP contribution in [0.5, 0.6) is 0 Å². The van der Waals surface area contributed by atoms with Gasteiger partial charge in [-0.2, -0.15) is 0 Å². The summed E-state index contributed by atoms with van der Waals surface area (Å²) >= 11 is -1.91. The molecule has 2 aliphatic rings. The van der Waals surface area contributed by atoms with E-state index in [0.717, 1.165) is 24.4 Å². The van der Waals surface area contributed by atoms with Crippen LogP contribution < -0.4 is 24.8 Å². The molecule has 0 aromatic heterocycles. The Morgan fingerprint density at radius 2 is 1.13 bits per heavy atom. The molecule has 31 heavy (non-hydrogen) atoms. The molecule has 0 radical (unpaired) electrons. The summed E-state index contributed by atoms with van der Waals surface area (Å²) in [4.78, 5) is 0. The van der Waals surface area contributed by atoms with Crippen molar-refractivity contribution in [2.45, 2.75) is 59.0 Å². The van der Waals surface area contributed by atoms with Gasteiger partial charge in [-0.15, -0.1) is 0 Å². The normalized spacial score (nSPS) is 15.4.